The highest BCUT2D eigenvalue weighted by Crippen LogP contribution is 2.39. The molecule has 3 aromatic rings. The van der Waals surface area contributed by atoms with Crippen LogP contribution in [-0.2, 0) is 28.5 Å². The first-order chi connectivity index (χ1) is 21.0. The van der Waals surface area contributed by atoms with Crippen LogP contribution in [0.5, 0.6) is 0 Å². The van der Waals surface area contributed by atoms with Crippen LogP contribution < -0.4 is 15.5 Å². The van der Waals surface area contributed by atoms with Crippen molar-refractivity contribution in [2.75, 3.05) is 4.90 Å². The minimum absolute atomic E-state index is 0.0531. The van der Waals surface area contributed by atoms with Gasteiger partial charge in [0.2, 0.25) is 17.8 Å². The zero-order chi connectivity index (χ0) is 32.9. The van der Waals surface area contributed by atoms with Crippen LogP contribution in [0.2, 0.25) is 0 Å². The number of alkyl halides is 6. The maximum atomic E-state index is 13.8. The molecule has 1 aromatic heterocycles. The molecule has 45 heavy (non-hydrogen) atoms. The Morgan fingerprint density at radius 1 is 0.911 bits per heavy atom. The Balaban J connectivity index is 1.44. The lowest BCUT2D eigenvalue weighted by molar-refractivity contribution is -0.143. The van der Waals surface area contributed by atoms with Gasteiger partial charge in [-0.3, -0.25) is 19.2 Å². The normalized spacial score (nSPS) is 17.8. The van der Waals surface area contributed by atoms with E-state index in [1.54, 1.807) is 0 Å². The van der Waals surface area contributed by atoms with Gasteiger partial charge in [-0.1, -0.05) is 12.1 Å². The molecule has 2 aliphatic rings. The maximum absolute atomic E-state index is 13.8. The van der Waals surface area contributed by atoms with Crippen molar-refractivity contribution in [3.63, 3.8) is 0 Å². The average Bonchev–Trinajstić information content (AvgIpc) is 3.76. The van der Waals surface area contributed by atoms with Crippen molar-refractivity contribution in [1.82, 2.24) is 15.6 Å². The van der Waals surface area contributed by atoms with Crippen molar-refractivity contribution in [2.24, 2.45) is 0 Å². The lowest BCUT2D eigenvalue weighted by atomic mass is 10.0. The minimum atomic E-state index is -5.15. The minimum Gasteiger partial charge on any atom is -0.342 e. The largest absolute Gasteiger partial charge is 0.416 e. The lowest BCUT2D eigenvalue weighted by Gasteiger charge is -2.28. The molecule has 0 saturated heterocycles. The Morgan fingerprint density at radius 3 is 2.11 bits per heavy atom. The van der Waals surface area contributed by atoms with Gasteiger partial charge in [-0.25, -0.2) is 9.37 Å². The lowest BCUT2D eigenvalue weighted by Crippen LogP contribution is -2.55. The number of nitrogens with one attached hydrogen (secondary N) is 2. The molecule has 1 atom stereocenters. The third-order valence-corrected chi connectivity index (χ3v) is 7.32. The van der Waals surface area contributed by atoms with Gasteiger partial charge in [-0.05, 0) is 60.9 Å². The van der Waals surface area contributed by atoms with Gasteiger partial charge in [0.15, 0.2) is 11.6 Å². The number of benzene rings is 2. The van der Waals surface area contributed by atoms with E-state index in [2.05, 4.69) is 15.6 Å². The van der Waals surface area contributed by atoms with E-state index in [1.807, 2.05) is 0 Å². The average molecular weight is 640 g/mol. The number of para-hydroxylation sites is 1. The molecule has 0 spiro atoms. The van der Waals surface area contributed by atoms with Crippen LogP contribution in [0, 0.1) is 11.8 Å². The Labute approximate surface area is 248 Å². The Kier molecular flexibility index (Phi) is 7.87. The molecule has 0 unspecified atom stereocenters. The summed E-state index contributed by atoms with van der Waals surface area (Å²) in [7, 11) is 0. The second-order valence-corrected chi connectivity index (χ2v) is 10.5. The zero-order valence-electron chi connectivity index (χ0n) is 22.7. The molecular formula is C29H20F8N4O4. The van der Waals surface area contributed by atoms with Crippen LogP contribution in [0.3, 0.4) is 0 Å². The summed E-state index contributed by atoms with van der Waals surface area (Å²) < 4.78 is 108. The van der Waals surface area contributed by atoms with Crippen LogP contribution >= 0.6 is 0 Å². The fourth-order valence-electron chi connectivity index (χ4n) is 4.86. The topological polar surface area (TPSA) is 108 Å². The first-order valence-electron chi connectivity index (χ1n) is 13.2. The highest BCUT2D eigenvalue weighted by Gasteiger charge is 2.53. The van der Waals surface area contributed by atoms with Crippen LogP contribution in [0.25, 0.3) is 0 Å². The van der Waals surface area contributed by atoms with Crippen molar-refractivity contribution in [3.8, 4) is 0 Å². The van der Waals surface area contributed by atoms with E-state index in [9.17, 15) is 54.3 Å². The highest BCUT2D eigenvalue weighted by molar-refractivity contribution is 6.13. The van der Waals surface area contributed by atoms with Crippen LogP contribution in [-0.4, -0.2) is 40.1 Å². The number of Topliss-reactive ketones (excluding diaryl/α,β-unsaturated/α-hetero) is 1. The third kappa shape index (κ3) is 6.49. The number of ketones is 1. The fourth-order valence-corrected chi connectivity index (χ4v) is 4.86. The number of amides is 3. The van der Waals surface area contributed by atoms with E-state index < -0.39 is 94.6 Å². The van der Waals surface area contributed by atoms with Gasteiger partial charge in [0, 0.05) is 12.0 Å². The van der Waals surface area contributed by atoms with Gasteiger partial charge in [0.05, 0.1) is 23.4 Å². The molecule has 1 saturated carbocycles. The number of pyridine rings is 1. The van der Waals surface area contributed by atoms with Gasteiger partial charge in [0.25, 0.3) is 5.91 Å². The van der Waals surface area contributed by atoms with E-state index in [4.69, 9.17) is 0 Å². The van der Waals surface area contributed by atoms with Gasteiger partial charge >= 0.3 is 12.4 Å². The first kappa shape index (κ1) is 31.5. The van der Waals surface area contributed by atoms with Crippen molar-refractivity contribution in [3.05, 3.63) is 94.3 Å². The first-order valence-corrected chi connectivity index (χ1v) is 13.2. The predicted octanol–water partition coefficient (Wildman–Crippen LogP) is 4.96. The predicted molar refractivity (Wildman–Crippen MR) is 139 cm³/mol. The summed E-state index contributed by atoms with van der Waals surface area (Å²) in [6.07, 6.45) is -10.8. The van der Waals surface area contributed by atoms with Crippen molar-refractivity contribution >= 4 is 29.2 Å². The number of fused-ring (bicyclic) bond motifs is 1. The molecule has 1 aliphatic carbocycles. The van der Waals surface area contributed by atoms with E-state index in [0.29, 0.717) is 18.2 Å². The maximum Gasteiger partial charge on any atom is 0.416 e. The number of hydrogen-bond donors (Lipinski definition) is 2. The summed E-state index contributed by atoms with van der Waals surface area (Å²) in [5, 5.41) is 4.71. The SMILES string of the molecule is O=C(NC1(C(=O)N[C@@H]2CC(=O)c3ccccc3N(Cc3cc(C(F)(F)F)cc(C(F)(F)F)c3)C2=O)CC1)c1ccc(F)c(F)n1. The van der Waals surface area contributed by atoms with Crippen molar-refractivity contribution in [2.45, 2.75) is 49.7 Å². The molecule has 8 nitrogen and oxygen atoms in total. The summed E-state index contributed by atoms with van der Waals surface area (Å²) in [4.78, 5) is 56.8. The molecule has 2 heterocycles. The quantitative estimate of drug-likeness (QED) is 0.293. The number of halogens is 8. The number of aromatic nitrogens is 1. The van der Waals surface area contributed by atoms with E-state index in [1.165, 1.54) is 24.3 Å². The summed E-state index contributed by atoms with van der Waals surface area (Å²) in [5.41, 5.74) is -6.09. The molecular weight excluding hydrogens is 620 g/mol. The third-order valence-electron chi connectivity index (χ3n) is 7.32. The summed E-state index contributed by atoms with van der Waals surface area (Å²) >= 11 is 0. The smallest absolute Gasteiger partial charge is 0.342 e. The van der Waals surface area contributed by atoms with Crippen molar-refractivity contribution in [1.29, 1.82) is 0 Å². The molecule has 236 valence electrons. The molecule has 2 aromatic carbocycles. The van der Waals surface area contributed by atoms with Crippen LogP contribution in [0.15, 0.2) is 54.6 Å². The number of carbonyl (C=O) groups excluding carboxylic acids is 4. The Hall–Kier alpha value is -4.89. The van der Waals surface area contributed by atoms with Gasteiger partial charge in [0.1, 0.15) is 17.3 Å². The molecule has 3 amide bonds. The number of hydrogen-bond acceptors (Lipinski definition) is 5. The molecule has 16 heteroatoms. The van der Waals surface area contributed by atoms with Gasteiger partial charge in [-0.2, -0.15) is 30.7 Å². The molecule has 2 N–H and O–H groups in total. The summed E-state index contributed by atoms with van der Waals surface area (Å²) in [5.74, 6) is -6.52. The Bertz CT molecular complexity index is 1690. The molecule has 0 bridgehead atoms. The fraction of sp³-hybridized carbons (Fsp3) is 0.276. The molecule has 5 rings (SSSR count). The van der Waals surface area contributed by atoms with Crippen LogP contribution in [0.1, 0.15) is 56.8 Å². The van der Waals surface area contributed by atoms with E-state index >= 15 is 0 Å². The number of nitrogens with zero attached hydrogens (tertiary/aromatic N) is 2. The van der Waals surface area contributed by atoms with Gasteiger partial charge < -0.3 is 15.5 Å². The number of carbonyl (C=O) groups is 4. The second-order valence-electron chi connectivity index (χ2n) is 10.5. The summed E-state index contributed by atoms with van der Waals surface area (Å²) in [6.45, 7) is -0.827. The zero-order valence-corrected chi connectivity index (χ0v) is 22.7. The highest BCUT2D eigenvalue weighted by atomic mass is 19.4. The molecule has 1 fully saturated rings. The number of anilines is 1. The monoisotopic (exact) mass is 640 g/mol. The van der Waals surface area contributed by atoms with Gasteiger partial charge in [-0.15, -0.1) is 0 Å². The second kappa shape index (κ2) is 11.2. The summed E-state index contributed by atoms with van der Waals surface area (Å²) in [6, 6.07) is 6.17. The van der Waals surface area contributed by atoms with Crippen molar-refractivity contribution < 1.29 is 54.3 Å². The van der Waals surface area contributed by atoms with E-state index in [0.717, 1.165) is 11.0 Å². The molecule has 0 radical (unpaired) electrons. The molecule has 1 aliphatic heterocycles. The standard InChI is InChI=1S/C29H20F8N4O4/c30-18-5-6-19(38-23(18)31)24(43)40-27(7-8-27)26(45)39-20-12-22(42)17-3-1-2-4-21(17)41(25(20)44)13-14-9-15(28(32,33)34)11-16(10-14)29(35,36)37/h1-6,9-11,20H,7-8,12-13H2,(H,39,45)(H,40,43)/t20-/m1/s1. The Morgan fingerprint density at radius 2 is 1.53 bits per heavy atom. The number of rotatable bonds is 6. The van der Waals surface area contributed by atoms with Crippen LogP contribution in [0.4, 0.5) is 40.8 Å². The van der Waals surface area contributed by atoms with E-state index in [-0.39, 0.29) is 30.2 Å².